The molecule has 1 aliphatic heterocycles. The summed E-state index contributed by atoms with van der Waals surface area (Å²) in [7, 11) is -2.13. The van der Waals surface area contributed by atoms with E-state index in [0.717, 1.165) is 16.8 Å². The molecule has 1 aliphatic rings. The van der Waals surface area contributed by atoms with Crippen LogP contribution >= 0.6 is 0 Å². The molecule has 0 unspecified atom stereocenters. The van der Waals surface area contributed by atoms with E-state index in [1.807, 2.05) is 29.7 Å². The maximum Gasteiger partial charge on any atom is 0.256 e. The number of carbonyl (C=O) groups excluding carboxylic acids is 1. The van der Waals surface area contributed by atoms with Crippen molar-refractivity contribution in [3.8, 4) is 0 Å². The van der Waals surface area contributed by atoms with Crippen LogP contribution in [0.3, 0.4) is 0 Å². The van der Waals surface area contributed by atoms with Crippen LogP contribution in [0.2, 0.25) is 18.1 Å². The monoisotopic (exact) mass is 317 g/mol. The highest BCUT2D eigenvalue weighted by Gasteiger charge is 2.56. The Morgan fingerprint density at radius 3 is 2.45 bits per heavy atom. The average Bonchev–Trinajstić information content (AvgIpc) is 2.59. The highest BCUT2D eigenvalue weighted by atomic mass is 28.3. The molecule has 0 saturated heterocycles. The first-order valence-corrected chi connectivity index (χ1v) is 10.7. The van der Waals surface area contributed by atoms with E-state index in [0.29, 0.717) is 0 Å². The van der Waals surface area contributed by atoms with Gasteiger partial charge >= 0.3 is 0 Å². The molecule has 1 atom stereocenters. The van der Waals surface area contributed by atoms with Crippen LogP contribution in [-0.2, 0) is 10.4 Å². The van der Waals surface area contributed by atoms with Crippen molar-refractivity contribution in [2.24, 2.45) is 0 Å². The third-order valence-corrected chi connectivity index (χ3v) is 10.5. The minimum absolute atomic E-state index is 0.00421. The largest absolute Gasteiger partial charge is 0.375 e. The number of anilines is 1. The molecular formula is C18H27NO2Si. The predicted octanol–water partition coefficient (Wildman–Crippen LogP) is 4.11. The van der Waals surface area contributed by atoms with Crippen LogP contribution in [0.1, 0.15) is 38.3 Å². The lowest BCUT2D eigenvalue weighted by Crippen LogP contribution is -2.59. The third kappa shape index (κ3) is 2.25. The number of aliphatic hydroxyl groups is 1. The topological polar surface area (TPSA) is 40.5 Å². The summed E-state index contributed by atoms with van der Waals surface area (Å²) in [5.41, 5.74) is 1.17. The number of rotatable bonds is 3. The quantitative estimate of drug-likeness (QED) is 0.673. The molecule has 1 aromatic carbocycles. The van der Waals surface area contributed by atoms with Crippen molar-refractivity contribution in [2.75, 3.05) is 4.57 Å². The predicted molar refractivity (Wildman–Crippen MR) is 94.6 cm³/mol. The average molecular weight is 318 g/mol. The Morgan fingerprint density at radius 1 is 1.36 bits per heavy atom. The lowest BCUT2D eigenvalue weighted by molar-refractivity contribution is -0.134. The molecule has 4 heteroatoms. The summed E-state index contributed by atoms with van der Waals surface area (Å²) in [6, 6.07) is 5.92. The molecule has 0 bridgehead atoms. The lowest BCUT2D eigenvalue weighted by Gasteiger charge is -2.44. The van der Waals surface area contributed by atoms with E-state index in [9.17, 15) is 9.90 Å². The van der Waals surface area contributed by atoms with Gasteiger partial charge < -0.3 is 9.67 Å². The SMILES string of the molecule is C=CC[C@]1(O)C(=O)N([Si](C)(C)C(C)(C)C)c2ccc(C)cc21. The number of carbonyl (C=O) groups is 1. The van der Waals surface area contributed by atoms with Crippen LogP contribution in [0.25, 0.3) is 0 Å². The number of benzene rings is 1. The molecule has 120 valence electrons. The van der Waals surface area contributed by atoms with Gasteiger partial charge in [0.25, 0.3) is 5.91 Å². The van der Waals surface area contributed by atoms with E-state index in [1.54, 1.807) is 6.08 Å². The Balaban J connectivity index is 2.71. The Hall–Kier alpha value is -1.39. The second kappa shape index (κ2) is 5.07. The number of aryl methyl sites for hydroxylation is 1. The zero-order valence-corrected chi connectivity index (χ0v) is 15.5. The van der Waals surface area contributed by atoms with E-state index < -0.39 is 13.8 Å². The minimum Gasteiger partial charge on any atom is -0.375 e. The standard InChI is InChI=1S/C18H27NO2Si/c1-8-11-18(21)14-12-13(2)9-10-15(14)19(16(18)20)22(6,7)17(3,4)5/h8-10,12,21H,1,11H2,2-7H3/t18-/m1/s1. The fourth-order valence-electron chi connectivity index (χ4n) is 2.88. The van der Waals surface area contributed by atoms with Crippen LogP contribution in [0.15, 0.2) is 30.9 Å². The van der Waals surface area contributed by atoms with Crippen LogP contribution in [0, 0.1) is 6.92 Å². The normalized spacial score (nSPS) is 22.0. The first kappa shape index (κ1) is 17.0. The zero-order valence-electron chi connectivity index (χ0n) is 14.5. The Morgan fingerprint density at radius 2 is 1.95 bits per heavy atom. The van der Waals surface area contributed by atoms with Gasteiger partial charge in [0, 0.05) is 17.7 Å². The van der Waals surface area contributed by atoms with E-state index >= 15 is 0 Å². The van der Waals surface area contributed by atoms with E-state index in [2.05, 4.69) is 40.4 Å². The van der Waals surface area contributed by atoms with Crippen LogP contribution < -0.4 is 4.57 Å². The first-order chi connectivity index (χ1) is 9.96. The van der Waals surface area contributed by atoms with Crippen molar-refractivity contribution in [1.82, 2.24) is 0 Å². The summed E-state index contributed by atoms with van der Waals surface area (Å²) in [4.78, 5) is 13.1. The maximum atomic E-state index is 13.1. The van der Waals surface area contributed by atoms with Crippen molar-refractivity contribution >= 4 is 19.8 Å². The van der Waals surface area contributed by atoms with Crippen molar-refractivity contribution in [3.63, 3.8) is 0 Å². The molecule has 0 spiro atoms. The maximum absolute atomic E-state index is 13.1. The number of amides is 1. The zero-order chi connectivity index (χ0) is 16.9. The van der Waals surface area contributed by atoms with Crippen LogP contribution in [-0.4, -0.2) is 19.2 Å². The molecule has 0 aromatic heterocycles. The molecule has 3 nitrogen and oxygen atoms in total. The molecule has 0 radical (unpaired) electrons. The van der Waals surface area contributed by atoms with Crippen molar-refractivity contribution < 1.29 is 9.90 Å². The fourth-order valence-corrected chi connectivity index (χ4v) is 5.04. The summed E-state index contributed by atoms with van der Waals surface area (Å²) < 4.78 is 1.91. The van der Waals surface area contributed by atoms with Gasteiger partial charge in [-0.05, 0) is 18.0 Å². The molecule has 1 N–H and O–H groups in total. The molecule has 0 saturated carbocycles. The highest BCUT2D eigenvalue weighted by Crippen LogP contribution is 2.50. The van der Waals surface area contributed by atoms with Gasteiger partial charge in [-0.3, -0.25) is 4.79 Å². The van der Waals surface area contributed by atoms with E-state index in [1.165, 1.54) is 0 Å². The fraction of sp³-hybridized carbons (Fsp3) is 0.500. The van der Waals surface area contributed by atoms with Gasteiger partial charge in [0.2, 0.25) is 0 Å². The number of hydrogen-bond acceptors (Lipinski definition) is 2. The molecule has 0 aliphatic carbocycles. The lowest BCUT2D eigenvalue weighted by atomic mass is 9.91. The molecule has 0 fully saturated rings. The molecular weight excluding hydrogens is 290 g/mol. The molecule has 22 heavy (non-hydrogen) atoms. The van der Waals surface area contributed by atoms with Gasteiger partial charge in [-0.15, -0.1) is 6.58 Å². The summed E-state index contributed by atoms with van der Waals surface area (Å²) in [6.07, 6.45) is 1.87. The smallest absolute Gasteiger partial charge is 0.256 e. The second-order valence-corrected chi connectivity index (χ2v) is 12.9. The number of nitrogens with zero attached hydrogens (tertiary/aromatic N) is 1. The third-order valence-electron chi connectivity index (χ3n) is 5.23. The molecule has 1 aromatic rings. The Kier molecular flexibility index (Phi) is 3.91. The second-order valence-electron chi connectivity index (χ2n) is 7.82. The van der Waals surface area contributed by atoms with Gasteiger partial charge in [-0.2, -0.15) is 0 Å². The number of hydrogen-bond donors (Lipinski definition) is 1. The van der Waals surface area contributed by atoms with Crippen molar-refractivity contribution in [3.05, 3.63) is 42.0 Å². The first-order valence-electron chi connectivity index (χ1n) is 7.76. The van der Waals surface area contributed by atoms with Gasteiger partial charge in [0.15, 0.2) is 13.8 Å². The number of fused-ring (bicyclic) bond motifs is 1. The molecule has 2 rings (SSSR count). The Labute approximate surface area is 134 Å². The summed E-state index contributed by atoms with van der Waals surface area (Å²) in [5.74, 6) is -0.195. The van der Waals surface area contributed by atoms with E-state index in [-0.39, 0.29) is 17.4 Å². The summed E-state index contributed by atoms with van der Waals surface area (Å²) in [5, 5.41) is 11.1. The van der Waals surface area contributed by atoms with Gasteiger partial charge in [-0.25, -0.2) is 0 Å². The van der Waals surface area contributed by atoms with Gasteiger partial charge in [0.1, 0.15) is 0 Å². The molecule has 1 heterocycles. The van der Waals surface area contributed by atoms with E-state index in [4.69, 9.17) is 0 Å². The highest BCUT2D eigenvalue weighted by molar-refractivity contribution is 6.87. The van der Waals surface area contributed by atoms with Crippen molar-refractivity contribution in [2.45, 2.75) is 57.8 Å². The summed E-state index contributed by atoms with van der Waals surface area (Å²) in [6.45, 7) is 16.6. The van der Waals surface area contributed by atoms with Crippen LogP contribution in [0.4, 0.5) is 5.69 Å². The minimum atomic E-state index is -2.13. The Bertz CT molecular complexity index is 630. The van der Waals surface area contributed by atoms with Gasteiger partial charge in [0.05, 0.1) is 0 Å². The van der Waals surface area contributed by atoms with Crippen LogP contribution in [0.5, 0.6) is 0 Å². The van der Waals surface area contributed by atoms with Crippen molar-refractivity contribution in [1.29, 1.82) is 0 Å². The summed E-state index contributed by atoms with van der Waals surface area (Å²) >= 11 is 0. The molecule has 1 amide bonds. The van der Waals surface area contributed by atoms with Gasteiger partial charge in [-0.1, -0.05) is 57.6 Å².